The number of benzene rings is 1. The van der Waals surface area contributed by atoms with Crippen molar-refractivity contribution < 1.29 is 8.42 Å². The smallest absolute Gasteiger partial charge is 0.211 e. The molecule has 2 aromatic rings. The van der Waals surface area contributed by atoms with Gasteiger partial charge in [-0.1, -0.05) is 13.8 Å². The summed E-state index contributed by atoms with van der Waals surface area (Å²) in [5.41, 5.74) is 4.00. The molecule has 2 aliphatic carbocycles. The van der Waals surface area contributed by atoms with Gasteiger partial charge >= 0.3 is 0 Å². The second-order valence-electron chi connectivity index (χ2n) is 7.42. The van der Waals surface area contributed by atoms with Gasteiger partial charge in [0, 0.05) is 17.8 Å². The lowest BCUT2D eigenvalue weighted by atomic mass is 10.0. The number of hydrogen-bond acceptors (Lipinski definition) is 4. The van der Waals surface area contributed by atoms with Crippen molar-refractivity contribution >= 4 is 20.9 Å². The van der Waals surface area contributed by atoms with E-state index in [4.69, 9.17) is 0 Å². The molecule has 0 aliphatic heterocycles. The van der Waals surface area contributed by atoms with E-state index in [1.807, 2.05) is 26.0 Å². The van der Waals surface area contributed by atoms with Gasteiger partial charge in [0.2, 0.25) is 10.0 Å². The highest BCUT2D eigenvalue weighted by Crippen LogP contribution is 2.41. The molecule has 0 saturated heterocycles. The zero-order chi connectivity index (χ0) is 16.9. The van der Waals surface area contributed by atoms with E-state index in [1.54, 1.807) is 0 Å². The van der Waals surface area contributed by atoms with Crippen molar-refractivity contribution in [1.82, 2.24) is 14.9 Å². The molecule has 4 rings (SSSR count). The van der Waals surface area contributed by atoms with Gasteiger partial charge in [0.15, 0.2) is 0 Å². The van der Waals surface area contributed by atoms with Crippen molar-refractivity contribution in [2.45, 2.75) is 56.8 Å². The van der Waals surface area contributed by atoms with Crippen LogP contribution in [0, 0.1) is 5.92 Å². The van der Waals surface area contributed by atoms with Crippen LogP contribution in [0.5, 0.6) is 0 Å². The third-order valence-corrected chi connectivity index (χ3v) is 6.36. The second kappa shape index (κ2) is 5.77. The van der Waals surface area contributed by atoms with Crippen LogP contribution in [0.2, 0.25) is 0 Å². The summed E-state index contributed by atoms with van der Waals surface area (Å²) in [7, 11) is -3.54. The Kier molecular flexibility index (Phi) is 3.84. The average molecular weight is 345 g/mol. The third-order valence-electron chi connectivity index (χ3n) is 4.90. The normalized spacial score (nSPS) is 17.6. The summed E-state index contributed by atoms with van der Waals surface area (Å²) >= 11 is 0. The topological polar surface area (TPSA) is 72.0 Å². The zero-order valence-electron chi connectivity index (χ0n) is 14.2. The standard InChI is InChI=1S/C18H23N3O2S/c1-11(2)10-19-24(22,23)17-8-13-4-3-5-14(13)18-15(17)9-16(20-21-18)12-6-7-12/h8-9,11-12,19H,3-7,10H2,1-2H3. The van der Waals surface area contributed by atoms with Crippen LogP contribution in [0.3, 0.4) is 0 Å². The van der Waals surface area contributed by atoms with E-state index in [0.717, 1.165) is 54.3 Å². The van der Waals surface area contributed by atoms with Crippen LogP contribution in [0.4, 0.5) is 0 Å². The van der Waals surface area contributed by atoms with Crippen LogP contribution in [0.15, 0.2) is 17.0 Å². The second-order valence-corrected chi connectivity index (χ2v) is 9.15. The molecule has 1 aromatic heterocycles. The molecule has 1 heterocycles. The predicted octanol–water partition coefficient (Wildman–Crippen LogP) is 2.93. The SMILES string of the molecule is CC(C)CNS(=O)(=O)c1cc2c(c3nnc(C4CC4)cc13)CCC2. The van der Waals surface area contributed by atoms with E-state index in [1.165, 1.54) is 5.56 Å². The van der Waals surface area contributed by atoms with E-state index < -0.39 is 10.0 Å². The number of sulfonamides is 1. The third kappa shape index (κ3) is 2.82. The molecule has 24 heavy (non-hydrogen) atoms. The largest absolute Gasteiger partial charge is 0.241 e. The fraction of sp³-hybridized carbons (Fsp3) is 0.556. The number of aryl methyl sites for hydroxylation is 2. The van der Waals surface area contributed by atoms with E-state index in [-0.39, 0.29) is 5.92 Å². The summed E-state index contributed by atoms with van der Waals surface area (Å²) < 4.78 is 28.5. The molecule has 0 spiro atoms. The zero-order valence-corrected chi connectivity index (χ0v) is 15.0. The molecular formula is C18H23N3O2S. The van der Waals surface area contributed by atoms with Crippen LogP contribution >= 0.6 is 0 Å². The minimum atomic E-state index is -3.54. The van der Waals surface area contributed by atoms with Gasteiger partial charge in [-0.05, 0) is 61.3 Å². The highest BCUT2D eigenvalue weighted by atomic mass is 32.2. The Balaban J connectivity index is 1.89. The Labute approximate surface area is 142 Å². The lowest BCUT2D eigenvalue weighted by Gasteiger charge is -2.14. The Morgan fingerprint density at radius 1 is 1.21 bits per heavy atom. The van der Waals surface area contributed by atoms with Crippen LogP contribution in [-0.2, 0) is 22.9 Å². The molecule has 1 N–H and O–H groups in total. The maximum absolute atomic E-state index is 12.9. The summed E-state index contributed by atoms with van der Waals surface area (Å²) in [4.78, 5) is 0.371. The Bertz CT molecular complexity index is 902. The minimum absolute atomic E-state index is 0.266. The maximum Gasteiger partial charge on any atom is 0.241 e. The van der Waals surface area contributed by atoms with Crippen LogP contribution in [0.25, 0.3) is 10.9 Å². The summed E-state index contributed by atoms with van der Waals surface area (Å²) in [6.07, 6.45) is 5.18. The first-order valence-electron chi connectivity index (χ1n) is 8.77. The Hall–Kier alpha value is -1.53. The van der Waals surface area contributed by atoms with E-state index in [9.17, 15) is 8.42 Å². The molecule has 1 aromatic carbocycles. The summed E-state index contributed by atoms with van der Waals surface area (Å²) in [6.45, 7) is 4.44. The fourth-order valence-corrected chi connectivity index (χ4v) is 4.86. The van der Waals surface area contributed by atoms with Gasteiger partial charge < -0.3 is 0 Å². The fourth-order valence-electron chi connectivity index (χ4n) is 3.41. The quantitative estimate of drug-likeness (QED) is 0.904. The Morgan fingerprint density at radius 3 is 2.71 bits per heavy atom. The average Bonchev–Trinajstić information content (AvgIpc) is 3.29. The molecule has 1 saturated carbocycles. The van der Waals surface area contributed by atoms with E-state index >= 15 is 0 Å². The van der Waals surface area contributed by atoms with E-state index in [0.29, 0.717) is 17.4 Å². The molecular weight excluding hydrogens is 322 g/mol. The molecule has 1 fully saturated rings. The van der Waals surface area contributed by atoms with Crippen LogP contribution < -0.4 is 4.72 Å². The highest BCUT2D eigenvalue weighted by molar-refractivity contribution is 7.89. The van der Waals surface area contributed by atoms with Crippen molar-refractivity contribution in [2.75, 3.05) is 6.54 Å². The highest BCUT2D eigenvalue weighted by Gasteiger charge is 2.29. The Morgan fingerprint density at radius 2 is 2.00 bits per heavy atom. The van der Waals surface area contributed by atoms with Crippen molar-refractivity contribution in [3.8, 4) is 0 Å². The van der Waals surface area contributed by atoms with E-state index in [2.05, 4.69) is 14.9 Å². The number of aromatic nitrogens is 2. The van der Waals surface area contributed by atoms with Gasteiger partial charge in [-0.3, -0.25) is 0 Å². The first-order valence-corrected chi connectivity index (χ1v) is 10.3. The van der Waals surface area contributed by atoms with Gasteiger partial charge in [0.1, 0.15) is 0 Å². The maximum atomic E-state index is 12.9. The molecule has 128 valence electrons. The van der Waals surface area contributed by atoms with Gasteiger partial charge in [-0.25, -0.2) is 13.1 Å². The summed E-state index contributed by atoms with van der Waals surface area (Å²) in [6, 6.07) is 3.83. The summed E-state index contributed by atoms with van der Waals surface area (Å²) in [5.74, 6) is 0.719. The van der Waals surface area contributed by atoms with Gasteiger partial charge in [-0.15, -0.1) is 5.10 Å². The van der Waals surface area contributed by atoms with Crippen molar-refractivity contribution in [3.63, 3.8) is 0 Å². The number of fused-ring (bicyclic) bond motifs is 3. The monoisotopic (exact) mass is 345 g/mol. The molecule has 2 aliphatic rings. The molecule has 0 atom stereocenters. The molecule has 0 unspecified atom stereocenters. The van der Waals surface area contributed by atoms with Gasteiger partial charge in [0.05, 0.1) is 16.1 Å². The van der Waals surface area contributed by atoms with Crippen LogP contribution in [0.1, 0.15) is 55.8 Å². The number of rotatable bonds is 5. The number of nitrogens with zero attached hydrogens (tertiary/aromatic N) is 2. The lowest BCUT2D eigenvalue weighted by Crippen LogP contribution is -2.28. The minimum Gasteiger partial charge on any atom is -0.211 e. The van der Waals surface area contributed by atoms with Crippen molar-refractivity contribution in [2.24, 2.45) is 5.92 Å². The van der Waals surface area contributed by atoms with Crippen molar-refractivity contribution in [3.05, 3.63) is 29.0 Å². The number of hydrogen-bond donors (Lipinski definition) is 1. The van der Waals surface area contributed by atoms with Gasteiger partial charge in [0.25, 0.3) is 0 Å². The first kappa shape index (κ1) is 16.0. The molecule has 0 amide bonds. The van der Waals surface area contributed by atoms with Crippen LogP contribution in [-0.4, -0.2) is 25.2 Å². The van der Waals surface area contributed by atoms with Crippen molar-refractivity contribution in [1.29, 1.82) is 0 Å². The first-order chi connectivity index (χ1) is 11.5. The lowest BCUT2D eigenvalue weighted by molar-refractivity contribution is 0.561. The molecule has 0 bridgehead atoms. The van der Waals surface area contributed by atoms with Gasteiger partial charge in [-0.2, -0.15) is 5.10 Å². The molecule has 5 nitrogen and oxygen atoms in total. The predicted molar refractivity (Wildman–Crippen MR) is 93.6 cm³/mol. The molecule has 6 heteroatoms. The number of nitrogens with one attached hydrogen (secondary N) is 1. The summed E-state index contributed by atoms with van der Waals surface area (Å²) in [5, 5.41) is 9.56. The molecule has 0 radical (unpaired) electrons.